The Morgan fingerprint density at radius 1 is 1.20 bits per heavy atom. The van der Waals surface area contributed by atoms with Crippen LogP contribution < -0.4 is 15.5 Å². The first kappa shape index (κ1) is 17.5. The highest BCUT2D eigenvalue weighted by molar-refractivity contribution is 5.81. The molecule has 3 rings (SSSR count). The van der Waals surface area contributed by atoms with Gasteiger partial charge in [-0.1, -0.05) is 6.42 Å². The third-order valence-electron chi connectivity index (χ3n) is 5.20. The number of carbonyl (C=O) groups is 2. The van der Waals surface area contributed by atoms with Gasteiger partial charge >= 0.3 is 6.03 Å². The molecule has 7 heteroatoms. The van der Waals surface area contributed by atoms with Gasteiger partial charge in [-0.15, -0.1) is 0 Å². The van der Waals surface area contributed by atoms with E-state index in [0.29, 0.717) is 13.1 Å². The fourth-order valence-corrected chi connectivity index (χ4v) is 3.71. The van der Waals surface area contributed by atoms with Gasteiger partial charge < -0.3 is 20.4 Å². The normalized spacial score (nSPS) is 23.4. The summed E-state index contributed by atoms with van der Waals surface area (Å²) in [6, 6.07) is 3.95. The molecule has 2 N–H and O–H groups in total. The van der Waals surface area contributed by atoms with Crippen molar-refractivity contribution in [3.8, 4) is 0 Å². The lowest BCUT2D eigenvalue weighted by atomic mass is 10.0. The monoisotopic (exact) mass is 345 g/mol. The van der Waals surface area contributed by atoms with Gasteiger partial charge in [-0.25, -0.2) is 9.78 Å². The highest BCUT2D eigenvalue weighted by atomic mass is 16.2. The number of urea groups is 1. The van der Waals surface area contributed by atoms with E-state index in [0.717, 1.165) is 38.2 Å². The molecule has 2 atom stereocenters. The molecular weight excluding hydrogens is 318 g/mol. The third-order valence-corrected chi connectivity index (χ3v) is 5.20. The number of hydrogen-bond donors (Lipinski definition) is 2. The zero-order chi connectivity index (χ0) is 17.8. The average molecular weight is 345 g/mol. The molecule has 136 valence electrons. The van der Waals surface area contributed by atoms with Crippen LogP contribution in [-0.2, 0) is 4.79 Å². The maximum absolute atomic E-state index is 12.6. The largest absolute Gasteiger partial charge is 0.359 e. The van der Waals surface area contributed by atoms with Crippen LogP contribution in [0.1, 0.15) is 24.8 Å². The molecule has 1 aliphatic carbocycles. The Morgan fingerprint density at radius 3 is 2.64 bits per heavy atom. The lowest BCUT2D eigenvalue weighted by molar-refractivity contribution is -0.124. The molecule has 2 heterocycles. The van der Waals surface area contributed by atoms with Crippen molar-refractivity contribution in [3.05, 3.63) is 23.9 Å². The highest BCUT2D eigenvalue weighted by Gasteiger charge is 2.34. The summed E-state index contributed by atoms with van der Waals surface area (Å²) in [4.78, 5) is 32.9. The summed E-state index contributed by atoms with van der Waals surface area (Å²) in [5, 5.41) is 5.77. The quantitative estimate of drug-likeness (QED) is 0.861. The van der Waals surface area contributed by atoms with Crippen LogP contribution in [0.2, 0.25) is 0 Å². The van der Waals surface area contributed by atoms with E-state index >= 15 is 0 Å². The van der Waals surface area contributed by atoms with E-state index in [-0.39, 0.29) is 23.9 Å². The van der Waals surface area contributed by atoms with Crippen LogP contribution in [0.3, 0.4) is 0 Å². The molecule has 25 heavy (non-hydrogen) atoms. The first-order valence-corrected chi connectivity index (χ1v) is 9.03. The average Bonchev–Trinajstić information content (AvgIpc) is 3.09. The number of pyridine rings is 1. The lowest BCUT2D eigenvalue weighted by Gasteiger charge is -2.36. The fraction of sp³-hybridized carbons (Fsp3) is 0.611. The van der Waals surface area contributed by atoms with Crippen LogP contribution in [0.25, 0.3) is 0 Å². The minimum atomic E-state index is -0.105. The topological polar surface area (TPSA) is 77.6 Å². The van der Waals surface area contributed by atoms with E-state index < -0.39 is 0 Å². The van der Waals surface area contributed by atoms with Crippen molar-refractivity contribution in [1.82, 2.24) is 20.5 Å². The number of rotatable bonds is 3. The fourth-order valence-electron chi connectivity index (χ4n) is 3.71. The second kappa shape index (κ2) is 7.72. The Hall–Kier alpha value is -2.31. The van der Waals surface area contributed by atoms with Crippen molar-refractivity contribution in [2.45, 2.75) is 32.2 Å². The number of nitrogens with zero attached hydrogens (tertiary/aromatic N) is 3. The van der Waals surface area contributed by atoms with Gasteiger partial charge in [0, 0.05) is 45.5 Å². The zero-order valence-electron chi connectivity index (χ0n) is 15.0. The van der Waals surface area contributed by atoms with E-state index in [9.17, 15) is 9.59 Å². The molecule has 2 unspecified atom stereocenters. The SMILES string of the molecule is CNC(=O)C1CCCC1NC(=O)N1CCN(c2cc(C)ccn2)CC1. The van der Waals surface area contributed by atoms with Gasteiger partial charge in [-0.2, -0.15) is 0 Å². The number of carbonyl (C=O) groups excluding carboxylic acids is 2. The van der Waals surface area contributed by atoms with Gasteiger partial charge in [0.1, 0.15) is 5.82 Å². The molecule has 3 amide bonds. The maximum Gasteiger partial charge on any atom is 0.317 e. The first-order valence-electron chi connectivity index (χ1n) is 9.03. The molecule has 7 nitrogen and oxygen atoms in total. The minimum Gasteiger partial charge on any atom is -0.359 e. The van der Waals surface area contributed by atoms with E-state index in [1.54, 1.807) is 7.05 Å². The first-order chi connectivity index (χ1) is 12.1. The number of amides is 3. The van der Waals surface area contributed by atoms with Crippen LogP contribution in [0, 0.1) is 12.8 Å². The summed E-state index contributed by atoms with van der Waals surface area (Å²) in [5.74, 6) is 0.889. The number of aromatic nitrogens is 1. The van der Waals surface area contributed by atoms with Crippen molar-refractivity contribution in [2.75, 3.05) is 38.1 Å². The Labute approximate surface area is 148 Å². The molecule has 1 saturated heterocycles. The van der Waals surface area contributed by atoms with E-state index in [1.165, 1.54) is 5.56 Å². The van der Waals surface area contributed by atoms with Gasteiger partial charge in [0.25, 0.3) is 0 Å². The van der Waals surface area contributed by atoms with Gasteiger partial charge in [-0.3, -0.25) is 4.79 Å². The molecule has 0 aromatic carbocycles. The van der Waals surface area contributed by atoms with Crippen LogP contribution in [-0.4, -0.2) is 61.1 Å². The number of anilines is 1. The number of aryl methyl sites for hydroxylation is 1. The van der Waals surface area contributed by atoms with Crippen molar-refractivity contribution < 1.29 is 9.59 Å². The Bertz CT molecular complexity index is 628. The molecule has 1 aliphatic heterocycles. The summed E-state index contributed by atoms with van der Waals surface area (Å²) in [7, 11) is 1.65. The zero-order valence-corrected chi connectivity index (χ0v) is 15.0. The van der Waals surface area contributed by atoms with Crippen molar-refractivity contribution in [3.63, 3.8) is 0 Å². The van der Waals surface area contributed by atoms with Gasteiger partial charge in [0.15, 0.2) is 0 Å². The second-order valence-corrected chi connectivity index (χ2v) is 6.87. The van der Waals surface area contributed by atoms with Crippen molar-refractivity contribution in [1.29, 1.82) is 0 Å². The molecule has 2 fully saturated rings. The Balaban J connectivity index is 1.52. The standard InChI is InChI=1S/C18H27N5O2/c1-13-6-7-20-16(12-13)22-8-10-23(11-9-22)18(25)21-15-5-3-4-14(15)17(24)19-2/h6-7,12,14-15H,3-5,8-11H2,1-2H3,(H,19,24)(H,21,25). The van der Waals surface area contributed by atoms with Gasteiger partial charge in [0.05, 0.1) is 5.92 Å². The van der Waals surface area contributed by atoms with Gasteiger partial charge in [0.2, 0.25) is 5.91 Å². The number of hydrogen-bond acceptors (Lipinski definition) is 4. The maximum atomic E-state index is 12.6. The summed E-state index contributed by atoms with van der Waals surface area (Å²) in [5.41, 5.74) is 1.19. The Kier molecular flexibility index (Phi) is 5.40. The lowest BCUT2D eigenvalue weighted by Crippen LogP contribution is -2.55. The molecular formula is C18H27N5O2. The van der Waals surface area contributed by atoms with Crippen LogP contribution in [0.4, 0.5) is 10.6 Å². The Morgan fingerprint density at radius 2 is 1.96 bits per heavy atom. The van der Waals surface area contributed by atoms with Crippen molar-refractivity contribution >= 4 is 17.8 Å². The van der Waals surface area contributed by atoms with E-state index in [4.69, 9.17) is 0 Å². The summed E-state index contributed by atoms with van der Waals surface area (Å²) in [6.45, 7) is 4.93. The predicted octanol–water partition coefficient (Wildman–Crippen LogP) is 1.14. The van der Waals surface area contributed by atoms with Crippen LogP contribution in [0.5, 0.6) is 0 Å². The third kappa shape index (κ3) is 4.03. The molecule has 2 aliphatic rings. The van der Waals surface area contributed by atoms with Gasteiger partial charge in [-0.05, 0) is 37.5 Å². The van der Waals surface area contributed by atoms with E-state index in [2.05, 4.69) is 33.5 Å². The minimum absolute atomic E-state index is 0.0261. The molecule has 0 spiro atoms. The van der Waals surface area contributed by atoms with E-state index in [1.807, 2.05) is 17.2 Å². The molecule has 1 aromatic rings. The molecule has 1 saturated carbocycles. The molecule has 1 aromatic heterocycles. The number of nitrogens with one attached hydrogen (secondary N) is 2. The smallest absolute Gasteiger partial charge is 0.317 e. The van der Waals surface area contributed by atoms with Crippen LogP contribution >= 0.6 is 0 Å². The van der Waals surface area contributed by atoms with Crippen molar-refractivity contribution in [2.24, 2.45) is 5.92 Å². The summed E-state index contributed by atoms with van der Waals surface area (Å²) >= 11 is 0. The van der Waals surface area contributed by atoms with Crippen LogP contribution in [0.15, 0.2) is 18.3 Å². The molecule has 0 radical (unpaired) electrons. The molecule has 0 bridgehead atoms. The predicted molar refractivity (Wildman–Crippen MR) is 96.5 cm³/mol. The summed E-state index contributed by atoms with van der Waals surface area (Å²) < 4.78 is 0. The highest BCUT2D eigenvalue weighted by Crippen LogP contribution is 2.26. The number of piperazine rings is 1. The second-order valence-electron chi connectivity index (χ2n) is 6.87. The summed E-state index contributed by atoms with van der Waals surface area (Å²) in [6.07, 6.45) is 4.52.